The molecule has 0 radical (unpaired) electrons. The minimum absolute atomic E-state index is 0. The molecule has 1 rings (SSSR count). The van der Waals surface area contributed by atoms with Crippen molar-refractivity contribution in [3.63, 3.8) is 0 Å². The number of nitrogens with one attached hydrogen (secondary N) is 1. The Balaban J connectivity index is 0.00000324. The summed E-state index contributed by atoms with van der Waals surface area (Å²) < 4.78 is 5.09. The van der Waals surface area contributed by atoms with Crippen molar-refractivity contribution in [3.8, 4) is 5.75 Å². The van der Waals surface area contributed by atoms with E-state index in [9.17, 15) is 4.79 Å². The Morgan fingerprint density at radius 2 is 1.74 bits per heavy atom. The highest BCUT2D eigenvalue weighted by atomic mass is 35.5. The number of nitrogens with two attached hydrogens (primary N) is 1. The molecule has 0 aliphatic rings. The summed E-state index contributed by atoms with van der Waals surface area (Å²) in [6.07, 6.45) is 0. The van der Waals surface area contributed by atoms with Crippen LogP contribution in [0.2, 0.25) is 0 Å². The molecule has 0 aliphatic carbocycles. The van der Waals surface area contributed by atoms with Crippen LogP contribution < -0.4 is 15.8 Å². The van der Waals surface area contributed by atoms with Gasteiger partial charge in [-0.05, 0) is 30.5 Å². The number of benzene rings is 1. The van der Waals surface area contributed by atoms with Gasteiger partial charge in [0.2, 0.25) is 5.91 Å². The molecule has 108 valence electrons. The zero-order valence-corrected chi connectivity index (χ0v) is 12.7. The van der Waals surface area contributed by atoms with Crippen LogP contribution in [-0.2, 0) is 4.79 Å². The van der Waals surface area contributed by atoms with E-state index in [0.717, 1.165) is 11.3 Å². The number of rotatable bonds is 5. The number of hydrogen-bond acceptors (Lipinski definition) is 3. The third-order valence-corrected chi connectivity index (χ3v) is 3.00. The molecule has 0 spiro atoms. The molecule has 1 unspecified atom stereocenters. The van der Waals surface area contributed by atoms with Crippen LogP contribution in [0.5, 0.6) is 5.75 Å². The fraction of sp³-hybridized carbons (Fsp3) is 0.500. The summed E-state index contributed by atoms with van der Waals surface area (Å²) in [5.41, 5.74) is 6.83. The van der Waals surface area contributed by atoms with Crippen LogP contribution in [0.15, 0.2) is 24.3 Å². The molecule has 0 aliphatic heterocycles. The Kier molecular flexibility index (Phi) is 7.49. The van der Waals surface area contributed by atoms with Gasteiger partial charge in [-0.15, -0.1) is 12.4 Å². The Bertz CT molecular complexity index is 393. The lowest BCUT2D eigenvalue weighted by atomic mass is 10.0. The van der Waals surface area contributed by atoms with Gasteiger partial charge in [0.1, 0.15) is 5.75 Å². The van der Waals surface area contributed by atoms with Gasteiger partial charge in [-0.1, -0.05) is 26.0 Å². The van der Waals surface area contributed by atoms with E-state index in [0.29, 0.717) is 0 Å². The minimum Gasteiger partial charge on any atom is -0.497 e. The van der Waals surface area contributed by atoms with Gasteiger partial charge in [0.25, 0.3) is 0 Å². The molecule has 1 aromatic rings. The monoisotopic (exact) mass is 286 g/mol. The number of carbonyl (C=O) groups is 1. The van der Waals surface area contributed by atoms with Crippen molar-refractivity contribution in [1.82, 2.24) is 5.32 Å². The fourth-order valence-electron chi connectivity index (χ4n) is 1.59. The van der Waals surface area contributed by atoms with Crippen LogP contribution in [0.3, 0.4) is 0 Å². The maximum Gasteiger partial charge on any atom is 0.237 e. The van der Waals surface area contributed by atoms with Gasteiger partial charge < -0.3 is 15.8 Å². The van der Waals surface area contributed by atoms with E-state index in [1.807, 2.05) is 45.0 Å². The molecular formula is C14H23ClN2O2. The number of hydrogen-bond donors (Lipinski definition) is 2. The van der Waals surface area contributed by atoms with Crippen LogP contribution in [0, 0.1) is 5.92 Å². The van der Waals surface area contributed by atoms with Crippen molar-refractivity contribution >= 4 is 18.3 Å². The summed E-state index contributed by atoms with van der Waals surface area (Å²) in [5.74, 6) is 0.817. The second kappa shape index (κ2) is 8.02. The first kappa shape index (κ1) is 17.7. The van der Waals surface area contributed by atoms with Gasteiger partial charge in [-0.2, -0.15) is 0 Å². The molecule has 0 fully saturated rings. The zero-order valence-electron chi connectivity index (χ0n) is 11.8. The highest BCUT2D eigenvalue weighted by molar-refractivity contribution is 5.85. The van der Waals surface area contributed by atoms with Crippen molar-refractivity contribution in [1.29, 1.82) is 0 Å². The van der Waals surface area contributed by atoms with E-state index in [1.165, 1.54) is 0 Å². The SMILES string of the molecule is COc1ccc(C(C)NC(=O)[C@H](N)C(C)C)cc1.Cl. The summed E-state index contributed by atoms with van der Waals surface area (Å²) in [5, 5.41) is 2.91. The molecule has 0 saturated carbocycles. The van der Waals surface area contributed by atoms with E-state index in [-0.39, 0.29) is 30.3 Å². The molecule has 0 saturated heterocycles. The van der Waals surface area contributed by atoms with Crippen molar-refractivity contribution < 1.29 is 9.53 Å². The molecule has 0 heterocycles. The number of carbonyl (C=O) groups excluding carboxylic acids is 1. The molecule has 1 aromatic carbocycles. The van der Waals surface area contributed by atoms with E-state index >= 15 is 0 Å². The molecule has 2 atom stereocenters. The predicted octanol–water partition coefficient (Wildman–Crippen LogP) is 2.28. The third-order valence-electron chi connectivity index (χ3n) is 3.00. The van der Waals surface area contributed by atoms with Crippen LogP contribution in [0.1, 0.15) is 32.4 Å². The second-order valence-corrected chi connectivity index (χ2v) is 4.77. The van der Waals surface area contributed by atoms with E-state index in [4.69, 9.17) is 10.5 Å². The summed E-state index contributed by atoms with van der Waals surface area (Å²) in [4.78, 5) is 11.8. The third kappa shape index (κ3) is 5.09. The molecular weight excluding hydrogens is 264 g/mol. The van der Waals surface area contributed by atoms with Gasteiger partial charge >= 0.3 is 0 Å². The van der Waals surface area contributed by atoms with Crippen molar-refractivity contribution in [2.45, 2.75) is 32.9 Å². The highest BCUT2D eigenvalue weighted by Gasteiger charge is 2.19. The largest absolute Gasteiger partial charge is 0.497 e. The van der Waals surface area contributed by atoms with Gasteiger partial charge in [0, 0.05) is 0 Å². The topological polar surface area (TPSA) is 64.3 Å². The van der Waals surface area contributed by atoms with Crippen LogP contribution in [0.4, 0.5) is 0 Å². The molecule has 5 heteroatoms. The maximum absolute atomic E-state index is 11.8. The van der Waals surface area contributed by atoms with Gasteiger partial charge in [0.05, 0.1) is 19.2 Å². The van der Waals surface area contributed by atoms with Crippen LogP contribution >= 0.6 is 12.4 Å². The van der Waals surface area contributed by atoms with Gasteiger partial charge in [-0.25, -0.2) is 0 Å². The molecule has 19 heavy (non-hydrogen) atoms. The molecule has 3 N–H and O–H groups in total. The fourth-order valence-corrected chi connectivity index (χ4v) is 1.59. The smallest absolute Gasteiger partial charge is 0.237 e. The van der Waals surface area contributed by atoms with Crippen molar-refractivity contribution in [3.05, 3.63) is 29.8 Å². The Hall–Kier alpha value is -1.26. The lowest BCUT2D eigenvalue weighted by molar-refractivity contribution is -0.123. The Morgan fingerprint density at radius 3 is 2.16 bits per heavy atom. The summed E-state index contributed by atoms with van der Waals surface area (Å²) in [6, 6.07) is 7.09. The minimum atomic E-state index is -0.467. The van der Waals surface area contributed by atoms with Crippen LogP contribution in [-0.4, -0.2) is 19.1 Å². The average Bonchev–Trinajstić information content (AvgIpc) is 2.37. The predicted molar refractivity (Wildman–Crippen MR) is 79.6 cm³/mol. The molecule has 4 nitrogen and oxygen atoms in total. The maximum atomic E-state index is 11.8. The summed E-state index contributed by atoms with van der Waals surface area (Å²) >= 11 is 0. The zero-order chi connectivity index (χ0) is 13.7. The first-order chi connectivity index (χ1) is 8.45. The Morgan fingerprint density at radius 1 is 1.21 bits per heavy atom. The number of halogens is 1. The standard InChI is InChI=1S/C14H22N2O2.ClH/c1-9(2)13(15)14(17)16-10(3)11-5-7-12(18-4)8-6-11;/h5-10,13H,15H2,1-4H3,(H,16,17);1H/t10?,13-;/m1./s1. The van der Waals surface area contributed by atoms with Crippen molar-refractivity contribution in [2.75, 3.05) is 7.11 Å². The summed E-state index contributed by atoms with van der Waals surface area (Å²) in [7, 11) is 1.63. The van der Waals surface area contributed by atoms with E-state index in [2.05, 4.69) is 5.32 Å². The molecule has 1 amide bonds. The second-order valence-electron chi connectivity index (χ2n) is 4.77. The number of amides is 1. The molecule has 0 aromatic heterocycles. The average molecular weight is 287 g/mol. The lowest BCUT2D eigenvalue weighted by Gasteiger charge is -2.20. The summed E-state index contributed by atoms with van der Waals surface area (Å²) in [6.45, 7) is 5.80. The van der Waals surface area contributed by atoms with E-state index < -0.39 is 6.04 Å². The number of methoxy groups -OCH3 is 1. The molecule has 0 bridgehead atoms. The van der Waals surface area contributed by atoms with Crippen molar-refractivity contribution in [2.24, 2.45) is 11.7 Å². The Labute approximate surface area is 121 Å². The quantitative estimate of drug-likeness (QED) is 0.873. The first-order valence-corrected chi connectivity index (χ1v) is 6.15. The normalized spacial score (nSPS) is 13.4. The lowest BCUT2D eigenvalue weighted by Crippen LogP contribution is -2.44. The van der Waals surface area contributed by atoms with E-state index in [1.54, 1.807) is 7.11 Å². The highest BCUT2D eigenvalue weighted by Crippen LogP contribution is 2.17. The first-order valence-electron chi connectivity index (χ1n) is 6.15. The van der Waals surface area contributed by atoms with Crippen LogP contribution in [0.25, 0.3) is 0 Å². The number of ether oxygens (including phenoxy) is 1. The van der Waals surface area contributed by atoms with Gasteiger partial charge in [-0.3, -0.25) is 4.79 Å². The van der Waals surface area contributed by atoms with Gasteiger partial charge in [0.15, 0.2) is 0 Å².